The molecule has 3 nitrogen and oxygen atoms in total. The fourth-order valence-corrected chi connectivity index (χ4v) is 7.71. The van der Waals surface area contributed by atoms with Crippen LogP contribution in [0.2, 0.25) is 0 Å². The molecule has 9 rings (SSSR count). The van der Waals surface area contributed by atoms with Crippen molar-refractivity contribution < 1.29 is 102 Å². The van der Waals surface area contributed by atoms with Crippen LogP contribution in [0.15, 0.2) is 66.7 Å². The molecule has 70 heavy (non-hydrogen) atoms. The van der Waals surface area contributed by atoms with Gasteiger partial charge in [0.15, 0.2) is 98.8 Å². The van der Waals surface area contributed by atoms with Crippen LogP contribution in [0.25, 0.3) is 65.3 Å². The fourth-order valence-electron chi connectivity index (χ4n) is 7.71. The van der Waals surface area contributed by atoms with Crippen molar-refractivity contribution in [3.8, 4) is 39.5 Å². The molecule has 0 spiro atoms. The smallest absolute Gasteiger partial charge is 0.487 e. The summed E-state index contributed by atoms with van der Waals surface area (Å²) in [5, 5.41) is -11.6. The molecule has 0 N–H and O–H groups in total. The van der Waals surface area contributed by atoms with E-state index in [2.05, 4.69) is 0 Å². The van der Waals surface area contributed by atoms with E-state index in [1.165, 1.54) is 0 Å². The molecule has 0 aliphatic rings. The summed E-state index contributed by atoms with van der Waals surface area (Å²) in [6.45, 7) is 0. The molecular weight excluding hydrogens is 991 g/mol. The Hall–Kier alpha value is -7.92. The number of hydrogen-bond acceptors (Lipinski definition) is 3. The summed E-state index contributed by atoms with van der Waals surface area (Å²) in [5.41, 5.74) is -5.60. The minimum Gasteiger partial charge on any atom is -0.487 e. The van der Waals surface area contributed by atoms with Crippen LogP contribution in [0.1, 0.15) is 0 Å². The molecule has 0 aliphatic carbocycles. The van der Waals surface area contributed by atoms with Crippen molar-refractivity contribution in [3.63, 3.8) is 0 Å². The second kappa shape index (κ2) is 16.9. The van der Waals surface area contributed by atoms with Crippen LogP contribution in [0.4, 0.5) is 87.8 Å². The number of benzene rings is 9. The lowest BCUT2D eigenvalue weighted by Crippen LogP contribution is -2.38. The number of fused-ring (bicyclic) bond motifs is 4. The van der Waals surface area contributed by atoms with E-state index in [-0.39, 0.29) is 18.2 Å². The maximum Gasteiger partial charge on any atom is 0.864 e. The highest BCUT2D eigenvalue weighted by Gasteiger charge is 2.40. The third kappa shape index (κ3) is 7.00. The van der Waals surface area contributed by atoms with Gasteiger partial charge in [0, 0.05) is 39.1 Å². The van der Waals surface area contributed by atoms with Crippen molar-refractivity contribution >= 4 is 50.4 Å². The van der Waals surface area contributed by atoms with Crippen molar-refractivity contribution in [2.75, 3.05) is 0 Å². The highest BCUT2D eigenvalue weighted by molar-refractivity contribution is 6.40. The molecule has 0 fully saturated rings. The summed E-state index contributed by atoms with van der Waals surface area (Å²) in [7, 11) is -3.24. The van der Waals surface area contributed by atoms with E-state index in [1.807, 2.05) is 0 Å². The second-order valence-electron chi connectivity index (χ2n) is 14.7. The molecule has 0 saturated carbocycles. The third-order valence-electron chi connectivity index (χ3n) is 10.8. The number of halogens is 20. The van der Waals surface area contributed by atoms with E-state index >= 15 is 43.9 Å². The molecule has 0 aromatic heterocycles. The summed E-state index contributed by atoms with van der Waals surface area (Å²) in [6.07, 6.45) is 0. The quantitative estimate of drug-likeness (QED) is 0.0862. The first kappa shape index (κ1) is 47.2. The van der Waals surface area contributed by atoms with Crippen LogP contribution in [-0.2, 0) is 0 Å². The Morgan fingerprint density at radius 3 is 1.01 bits per heavy atom. The molecule has 0 aliphatic heterocycles. The van der Waals surface area contributed by atoms with Crippen LogP contribution in [-0.4, -0.2) is 7.32 Å². The predicted octanol–water partition coefficient (Wildman–Crippen LogP) is 14.9. The van der Waals surface area contributed by atoms with Gasteiger partial charge in [0.25, 0.3) is 0 Å². The van der Waals surface area contributed by atoms with Gasteiger partial charge in [0.05, 0.1) is 21.5 Å². The molecule has 0 radical (unpaired) electrons. The van der Waals surface area contributed by atoms with Gasteiger partial charge in [-0.1, -0.05) is 24.3 Å². The molecule has 24 heteroatoms. The van der Waals surface area contributed by atoms with E-state index in [0.29, 0.717) is 48.5 Å². The van der Waals surface area contributed by atoms with E-state index in [4.69, 9.17) is 14.0 Å². The Kier molecular flexibility index (Phi) is 11.4. The van der Waals surface area contributed by atoms with Gasteiger partial charge in [-0.25, -0.2) is 79.0 Å². The topological polar surface area (TPSA) is 27.7 Å². The van der Waals surface area contributed by atoms with Gasteiger partial charge in [0.2, 0.25) is 11.6 Å². The molecule has 0 heterocycles. The summed E-state index contributed by atoms with van der Waals surface area (Å²) in [4.78, 5) is 0. The Balaban J connectivity index is 1.24. The lowest BCUT2D eigenvalue weighted by atomic mass is 9.93. The van der Waals surface area contributed by atoms with Crippen molar-refractivity contribution in [2.45, 2.75) is 0 Å². The average molecular weight is 1000 g/mol. The zero-order valence-corrected chi connectivity index (χ0v) is 33.2. The normalized spacial score (nSPS) is 11.7. The molecule has 0 unspecified atom stereocenters. The molecule has 0 amide bonds. The first-order valence-electron chi connectivity index (χ1n) is 19.0. The number of hydrogen-bond donors (Lipinski definition) is 0. The van der Waals surface area contributed by atoms with Crippen LogP contribution in [0.3, 0.4) is 0 Å². The first-order valence-corrected chi connectivity index (χ1v) is 19.0. The third-order valence-corrected chi connectivity index (χ3v) is 10.8. The Bertz CT molecular complexity index is 3570. The zero-order chi connectivity index (χ0) is 50.7. The van der Waals surface area contributed by atoms with E-state index < -0.39 is 206 Å². The van der Waals surface area contributed by atoms with Crippen molar-refractivity contribution in [2.24, 2.45) is 0 Å². The van der Waals surface area contributed by atoms with Crippen molar-refractivity contribution in [1.82, 2.24) is 0 Å². The molecule has 356 valence electrons. The monoisotopic (exact) mass is 1000 g/mol. The van der Waals surface area contributed by atoms with Gasteiger partial charge < -0.3 is 14.0 Å². The summed E-state index contributed by atoms with van der Waals surface area (Å²) in [5.74, 6) is -49.8. The van der Waals surface area contributed by atoms with Gasteiger partial charge in [-0.15, -0.1) is 0 Å². The van der Waals surface area contributed by atoms with Crippen molar-refractivity contribution in [1.29, 1.82) is 0 Å². The Morgan fingerprint density at radius 2 is 0.629 bits per heavy atom. The summed E-state index contributed by atoms with van der Waals surface area (Å²) in [6, 6.07) is 3.80. The standard InChI is InChI=1S/C46H11BF20O3/c48-12-1-10-22(21(51)11-12)68-47(69-45-17-4-2-15(29(52)27(17)37(60)41(64)43(45)66)23-13-6-8-19(49)31(54)25(13)35(58)39(62)33(23)56)70-46-18-5-3-16(30(53)28(18)38(61)42(65)44(46)67)24-14-7-9-20(50)32(55)26(14)36(59)40(63)34(24)57/h1-11H. The SMILES string of the molecule is Fc1ccc(OB(Oc2c(F)c(F)c(F)c3c(F)c(-c4c(F)c(F)c(F)c5c(F)c(F)ccc45)ccc23)Oc2c(F)c(F)c(F)c3c(F)c(-c4c(F)c(F)c(F)c5c(F)c(F)ccc45)ccc23)c(F)c1. The van der Waals surface area contributed by atoms with E-state index in [1.54, 1.807) is 0 Å². The molecule has 0 atom stereocenters. The van der Waals surface area contributed by atoms with Crippen LogP contribution in [0, 0.1) is 116 Å². The van der Waals surface area contributed by atoms with Gasteiger partial charge in [-0.2, -0.15) is 8.78 Å². The first-order chi connectivity index (χ1) is 33.1. The van der Waals surface area contributed by atoms with Crippen LogP contribution < -0.4 is 14.0 Å². The fraction of sp³-hybridized carbons (Fsp3) is 0. The maximum atomic E-state index is 16.5. The highest BCUT2D eigenvalue weighted by atomic mass is 19.2. The van der Waals surface area contributed by atoms with Crippen LogP contribution in [0.5, 0.6) is 17.2 Å². The minimum absolute atomic E-state index is 0.101. The molecule has 9 aromatic carbocycles. The Morgan fingerprint density at radius 1 is 0.271 bits per heavy atom. The molecule has 0 saturated heterocycles. The maximum absolute atomic E-state index is 16.5. The Labute approximate surface area is 374 Å². The van der Waals surface area contributed by atoms with Gasteiger partial charge >= 0.3 is 7.32 Å². The second-order valence-corrected chi connectivity index (χ2v) is 14.7. The predicted molar refractivity (Wildman–Crippen MR) is 207 cm³/mol. The molecule has 9 aromatic rings. The van der Waals surface area contributed by atoms with Gasteiger partial charge in [-0.05, 0) is 47.2 Å². The van der Waals surface area contributed by atoms with Crippen molar-refractivity contribution in [3.05, 3.63) is 183 Å². The largest absolute Gasteiger partial charge is 0.864 e. The molecular formula is C46H11BF20O3. The lowest BCUT2D eigenvalue weighted by molar-refractivity contribution is 0.284. The van der Waals surface area contributed by atoms with E-state index in [0.717, 1.165) is 0 Å². The summed E-state index contributed by atoms with van der Waals surface area (Å²) >= 11 is 0. The van der Waals surface area contributed by atoms with Crippen LogP contribution >= 0.6 is 0 Å². The van der Waals surface area contributed by atoms with Gasteiger partial charge in [-0.3, -0.25) is 0 Å². The zero-order valence-electron chi connectivity index (χ0n) is 33.2. The minimum atomic E-state index is -3.24. The molecule has 0 bridgehead atoms. The van der Waals surface area contributed by atoms with Gasteiger partial charge in [0.1, 0.15) is 23.2 Å². The summed E-state index contributed by atoms with van der Waals surface area (Å²) < 4.78 is 319. The highest BCUT2D eigenvalue weighted by Crippen LogP contribution is 2.46. The average Bonchev–Trinajstić information content (AvgIpc) is 3.32. The van der Waals surface area contributed by atoms with E-state index in [9.17, 15) is 43.9 Å². The lowest BCUT2D eigenvalue weighted by Gasteiger charge is -2.21. The number of rotatable bonds is 8.